The molecule has 2 aromatic rings. The number of ether oxygens (including phenoxy) is 1. The minimum absolute atomic E-state index is 0.494. The van der Waals surface area contributed by atoms with E-state index in [1.54, 1.807) is 0 Å². The van der Waals surface area contributed by atoms with E-state index in [9.17, 15) is 0 Å². The van der Waals surface area contributed by atoms with Crippen LogP contribution < -0.4 is 10.1 Å². The molecule has 1 aromatic heterocycles. The summed E-state index contributed by atoms with van der Waals surface area (Å²) in [6.45, 7) is 3.44. The van der Waals surface area contributed by atoms with Crippen molar-refractivity contribution in [3.05, 3.63) is 57.8 Å². The highest BCUT2D eigenvalue weighted by Crippen LogP contribution is 2.23. The van der Waals surface area contributed by atoms with E-state index >= 15 is 0 Å². The summed E-state index contributed by atoms with van der Waals surface area (Å²) in [6.07, 6.45) is 4.55. The normalized spacial score (nSPS) is 14.2. The maximum atomic E-state index is 5.84. The van der Waals surface area contributed by atoms with Crippen LogP contribution in [-0.2, 0) is 13.2 Å². The summed E-state index contributed by atoms with van der Waals surface area (Å²) in [7, 11) is 0. The molecule has 0 aliphatic heterocycles. The number of hydrogen-bond donors (Lipinski definition) is 1. The van der Waals surface area contributed by atoms with Crippen molar-refractivity contribution in [3.63, 3.8) is 0 Å². The lowest BCUT2D eigenvalue weighted by Crippen LogP contribution is -2.15. The quantitative estimate of drug-likeness (QED) is 0.858. The van der Waals surface area contributed by atoms with Crippen LogP contribution >= 0.6 is 15.9 Å². The molecule has 110 valence electrons. The van der Waals surface area contributed by atoms with Gasteiger partial charge in [-0.2, -0.15) is 0 Å². The second-order valence-corrected chi connectivity index (χ2v) is 6.43. The van der Waals surface area contributed by atoms with Crippen LogP contribution in [0, 0.1) is 6.92 Å². The molecule has 0 amide bonds. The maximum Gasteiger partial charge on any atom is 0.130 e. The van der Waals surface area contributed by atoms with Gasteiger partial charge in [0.05, 0.1) is 5.69 Å². The van der Waals surface area contributed by atoms with Gasteiger partial charge in [-0.1, -0.05) is 28.1 Å². The van der Waals surface area contributed by atoms with Crippen molar-refractivity contribution in [2.45, 2.75) is 39.0 Å². The fourth-order valence-corrected chi connectivity index (χ4v) is 2.42. The first-order valence-electron chi connectivity index (χ1n) is 7.27. The van der Waals surface area contributed by atoms with Gasteiger partial charge in [0.25, 0.3) is 0 Å². The highest BCUT2D eigenvalue weighted by Gasteiger charge is 2.19. The third-order valence-corrected chi connectivity index (χ3v) is 4.08. The Labute approximate surface area is 133 Å². The molecule has 1 heterocycles. The third-order valence-electron chi connectivity index (χ3n) is 3.58. The first-order chi connectivity index (χ1) is 10.2. The largest absolute Gasteiger partial charge is 0.487 e. The van der Waals surface area contributed by atoms with Crippen LogP contribution in [0.2, 0.25) is 0 Å². The molecule has 0 bridgehead atoms. The summed E-state index contributed by atoms with van der Waals surface area (Å²) in [4.78, 5) is 4.47. The Morgan fingerprint density at radius 3 is 2.86 bits per heavy atom. The summed E-state index contributed by atoms with van der Waals surface area (Å²) in [5.41, 5.74) is 3.30. The Bertz CT molecular complexity index is 609. The highest BCUT2D eigenvalue weighted by atomic mass is 79.9. The first kappa shape index (κ1) is 14.5. The molecule has 4 heteroatoms. The molecule has 3 nitrogen and oxygen atoms in total. The highest BCUT2D eigenvalue weighted by molar-refractivity contribution is 9.10. The van der Waals surface area contributed by atoms with Gasteiger partial charge in [-0.3, -0.25) is 4.98 Å². The Hall–Kier alpha value is -1.39. The summed E-state index contributed by atoms with van der Waals surface area (Å²) in [6, 6.07) is 10.9. The van der Waals surface area contributed by atoms with Crippen LogP contribution in [0.4, 0.5) is 0 Å². The van der Waals surface area contributed by atoms with E-state index in [0.717, 1.165) is 34.1 Å². The number of pyridine rings is 1. The molecule has 1 aliphatic rings. The van der Waals surface area contributed by atoms with Gasteiger partial charge >= 0.3 is 0 Å². The molecule has 1 aromatic carbocycles. The van der Waals surface area contributed by atoms with Gasteiger partial charge in [-0.15, -0.1) is 0 Å². The second-order valence-electron chi connectivity index (χ2n) is 5.51. The van der Waals surface area contributed by atoms with Crippen molar-refractivity contribution in [1.82, 2.24) is 10.3 Å². The molecule has 1 N–H and O–H groups in total. The molecule has 1 saturated carbocycles. The van der Waals surface area contributed by atoms with Crippen molar-refractivity contribution in [1.29, 1.82) is 0 Å². The standard InChI is InChI=1S/C17H19BrN2O/c1-12-2-4-14(18)8-17(12)21-11-16-5-3-13(10-20-16)9-19-15-6-7-15/h2-5,8,10,15,19H,6-7,9,11H2,1H3. The Balaban J connectivity index is 1.55. The minimum atomic E-state index is 0.494. The molecule has 1 fully saturated rings. The molecule has 0 radical (unpaired) electrons. The Morgan fingerprint density at radius 1 is 1.29 bits per heavy atom. The van der Waals surface area contributed by atoms with Crippen molar-refractivity contribution in [3.8, 4) is 5.75 Å². The lowest BCUT2D eigenvalue weighted by atomic mass is 10.2. The number of aryl methyl sites for hydroxylation is 1. The topological polar surface area (TPSA) is 34.1 Å². The van der Waals surface area contributed by atoms with E-state index in [1.807, 2.05) is 37.4 Å². The van der Waals surface area contributed by atoms with Crippen LogP contribution in [0.1, 0.15) is 29.7 Å². The maximum absolute atomic E-state index is 5.84. The van der Waals surface area contributed by atoms with E-state index in [1.165, 1.54) is 18.4 Å². The molecule has 21 heavy (non-hydrogen) atoms. The van der Waals surface area contributed by atoms with E-state index in [2.05, 4.69) is 32.3 Å². The van der Waals surface area contributed by atoms with Crippen LogP contribution in [0.5, 0.6) is 5.75 Å². The molecule has 0 saturated heterocycles. The number of halogens is 1. The lowest BCUT2D eigenvalue weighted by Gasteiger charge is -2.09. The van der Waals surface area contributed by atoms with Gasteiger partial charge in [0, 0.05) is 23.3 Å². The monoisotopic (exact) mass is 346 g/mol. The van der Waals surface area contributed by atoms with Gasteiger partial charge in [-0.25, -0.2) is 0 Å². The second kappa shape index (κ2) is 6.58. The van der Waals surface area contributed by atoms with E-state index in [-0.39, 0.29) is 0 Å². The molecular weight excluding hydrogens is 328 g/mol. The molecule has 0 unspecified atom stereocenters. The van der Waals surface area contributed by atoms with E-state index in [4.69, 9.17) is 4.74 Å². The van der Waals surface area contributed by atoms with Crippen molar-refractivity contribution < 1.29 is 4.74 Å². The molecule has 0 spiro atoms. The van der Waals surface area contributed by atoms with Crippen molar-refractivity contribution in [2.24, 2.45) is 0 Å². The number of aromatic nitrogens is 1. The van der Waals surface area contributed by atoms with E-state index < -0.39 is 0 Å². The average molecular weight is 347 g/mol. The van der Waals surface area contributed by atoms with Crippen LogP contribution in [0.3, 0.4) is 0 Å². The summed E-state index contributed by atoms with van der Waals surface area (Å²) < 4.78 is 6.87. The molecular formula is C17H19BrN2O. The number of rotatable bonds is 6. The van der Waals surface area contributed by atoms with Crippen LogP contribution in [-0.4, -0.2) is 11.0 Å². The first-order valence-corrected chi connectivity index (χ1v) is 8.06. The zero-order valence-electron chi connectivity index (χ0n) is 12.1. The fourth-order valence-electron chi connectivity index (χ4n) is 2.08. The number of nitrogens with one attached hydrogen (secondary N) is 1. The molecule has 3 rings (SSSR count). The molecule has 1 aliphatic carbocycles. The predicted octanol–water partition coefficient (Wildman–Crippen LogP) is 3.98. The Kier molecular flexibility index (Phi) is 4.56. The number of benzene rings is 1. The van der Waals surface area contributed by atoms with Gasteiger partial charge in [0.1, 0.15) is 12.4 Å². The third kappa shape index (κ3) is 4.29. The average Bonchev–Trinajstić information content (AvgIpc) is 3.31. The van der Waals surface area contributed by atoms with Crippen LogP contribution in [0.25, 0.3) is 0 Å². The SMILES string of the molecule is Cc1ccc(Br)cc1OCc1ccc(CNC2CC2)cn1. The fraction of sp³-hybridized carbons (Fsp3) is 0.353. The summed E-state index contributed by atoms with van der Waals surface area (Å²) in [5, 5.41) is 3.49. The van der Waals surface area contributed by atoms with Crippen LogP contribution in [0.15, 0.2) is 41.0 Å². The molecule has 0 atom stereocenters. The lowest BCUT2D eigenvalue weighted by molar-refractivity contribution is 0.299. The van der Waals surface area contributed by atoms with Gasteiger partial charge in [0.2, 0.25) is 0 Å². The Morgan fingerprint density at radius 2 is 2.14 bits per heavy atom. The zero-order chi connectivity index (χ0) is 14.7. The number of nitrogens with zero attached hydrogens (tertiary/aromatic N) is 1. The summed E-state index contributed by atoms with van der Waals surface area (Å²) >= 11 is 3.46. The van der Waals surface area contributed by atoms with E-state index in [0.29, 0.717) is 6.61 Å². The van der Waals surface area contributed by atoms with Crippen molar-refractivity contribution in [2.75, 3.05) is 0 Å². The zero-order valence-corrected chi connectivity index (χ0v) is 13.7. The smallest absolute Gasteiger partial charge is 0.130 e. The van der Waals surface area contributed by atoms with Gasteiger partial charge < -0.3 is 10.1 Å². The number of hydrogen-bond acceptors (Lipinski definition) is 3. The summed E-state index contributed by atoms with van der Waals surface area (Å²) in [5.74, 6) is 0.894. The van der Waals surface area contributed by atoms with Gasteiger partial charge in [0.15, 0.2) is 0 Å². The minimum Gasteiger partial charge on any atom is -0.487 e. The van der Waals surface area contributed by atoms with Crippen molar-refractivity contribution >= 4 is 15.9 Å². The van der Waals surface area contributed by atoms with Gasteiger partial charge in [-0.05, 0) is 49.1 Å². The predicted molar refractivity (Wildman–Crippen MR) is 87.3 cm³/mol.